The van der Waals surface area contributed by atoms with Crippen molar-refractivity contribution < 1.29 is 24.3 Å². The van der Waals surface area contributed by atoms with E-state index in [1.165, 1.54) is 33.1 Å². The Morgan fingerprint density at radius 1 is 1.38 bits per heavy atom. The molecule has 18 heteroatoms. The fourth-order valence-electron chi connectivity index (χ4n) is 3.95. The zero-order chi connectivity index (χ0) is 28.3. The molecule has 2 saturated heterocycles. The van der Waals surface area contributed by atoms with Crippen LogP contribution in [0.1, 0.15) is 5.82 Å². The zero-order valence-corrected chi connectivity index (χ0v) is 23.1. The van der Waals surface area contributed by atoms with Gasteiger partial charge in [-0.3, -0.25) is 14.4 Å². The molecule has 5 rings (SSSR count). The zero-order valence-electron chi connectivity index (χ0n) is 20.6. The Balaban J connectivity index is 1.27. The molecule has 3 atom stereocenters. The van der Waals surface area contributed by atoms with Crippen molar-refractivity contribution in [1.29, 1.82) is 0 Å². The lowest BCUT2D eigenvalue weighted by Gasteiger charge is -2.53. The summed E-state index contributed by atoms with van der Waals surface area (Å²) >= 11 is 3.36. The second-order valence-electron chi connectivity index (χ2n) is 8.73. The summed E-state index contributed by atoms with van der Waals surface area (Å²) in [7, 11) is 0. The second-order valence-corrected chi connectivity index (χ2v) is 11.6. The molecule has 3 aromatic rings. The number of carbonyl (C=O) groups excluding carboxylic acids is 2. The highest BCUT2D eigenvalue weighted by Crippen LogP contribution is 2.44. The van der Waals surface area contributed by atoms with Gasteiger partial charge in [0.25, 0.3) is 5.91 Å². The number of nitrogen functional groups attached to an aromatic ring is 1. The number of aliphatic carboxylic acids is 1. The maximum Gasteiger partial charge on any atom is 0.313 e. The van der Waals surface area contributed by atoms with E-state index in [1.54, 1.807) is 36.4 Å². The molecule has 0 spiro atoms. The number of nitrogens with two attached hydrogens (primary N) is 1. The van der Waals surface area contributed by atoms with Gasteiger partial charge in [0.1, 0.15) is 16.8 Å². The molecule has 0 radical (unpaired) electrons. The van der Waals surface area contributed by atoms with Crippen molar-refractivity contribution in [2.75, 3.05) is 23.8 Å². The van der Waals surface area contributed by atoms with Crippen LogP contribution in [0.15, 0.2) is 53.3 Å². The number of carboxylic acids is 1. The van der Waals surface area contributed by atoms with Gasteiger partial charge in [-0.2, -0.15) is 9.36 Å². The molecule has 2 aliphatic rings. The van der Waals surface area contributed by atoms with E-state index in [0.717, 1.165) is 11.5 Å². The number of hydrogen-bond acceptors (Lipinski definition) is 14. The number of fused-ring (bicyclic) bond motifs is 1. The monoisotopic (exact) mass is 602 g/mol. The van der Waals surface area contributed by atoms with Gasteiger partial charge in [-0.1, -0.05) is 41.2 Å². The predicted molar refractivity (Wildman–Crippen MR) is 147 cm³/mol. The number of β-lactam (4-membered cyclic amide) rings is 1. The van der Waals surface area contributed by atoms with Crippen molar-refractivity contribution in [3.05, 3.63) is 48.8 Å². The van der Waals surface area contributed by atoms with Crippen LogP contribution in [-0.4, -0.2) is 92.5 Å². The number of oxime groups is 1. The van der Waals surface area contributed by atoms with Gasteiger partial charge < -0.3 is 25.9 Å². The average molecular weight is 603 g/mol. The number of benzene rings is 1. The van der Waals surface area contributed by atoms with Crippen LogP contribution in [0.3, 0.4) is 0 Å². The highest BCUT2D eigenvalue weighted by molar-refractivity contribution is 8.00. The Labute approximate surface area is 239 Å². The number of carboxylic acid groups (broad SMARTS) is 1. The first kappa shape index (κ1) is 27.5. The van der Waals surface area contributed by atoms with Crippen LogP contribution in [-0.2, 0) is 20.9 Å². The van der Waals surface area contributed by atoms with Crippen LogP contribution >= 0.6 is 35.1 Å². The van der Waals surface area contributed by atoms with Crippen LogP contribution in [0, 0.1) is 5.41 Å². The summed E-state index contributed by atoms with van der Waals surface area (Å²) in [5.41, 5.74) is 4.20. The first-order valence-corrected chi connectivity index (χ1v) is 14.5. The van der Waals surface area contributed by atoms with Gasteiger partial charge in [0.15, 0.2) is 10.9 Å². The molecule has 2 aliphatic heterocycles. The summed E-state index contributed by atoms with van der Waals surface area (Å²) in [6, 6.07) is 7.69. The first-order chi connectivity index (χ1) is 19.3. The largest absolute Gasteiger partial charge is 0.481 e. The van der Waals surface area contributed by atoms with Crippen LogP contribution < -0.4 is 15.9 Å². The number of rotatable bonds is 11. The minimum atomic E-state index is -1.24. The van der Waals surface area contributed by atoms with Crippen LogP contribution in [0.5, 0.6) is 5.75 Å². The van der Waals surface area contributed by atoms with E-state index in [-0.39, 0.29) is 34.7 Å². The third-order valence-electron chi connectivity index (χ3n) is 6.02. The number of amides is 2. The number of tetrazole rings is 1. The standard InChI is InChI=1S/C22H22N10O5S3/c1-2-8-32-21(26-29-30-32)39-11-22(19(35)36)9-31-17(34)14(18(31)38-10-22)24-16(33)13(15-25-20(23)40-28-15)27-37-12-6-4-3-5-7-12/h2-7,14,18H,1,8-11H2,(H,24,33)(H,35,36)(H2,23,25,28)/t14?,18-,22?/m1/s1. The molecule has 0 saturated carbocycles. The number of thioether (sulfide) groups is 2. The van der Waals surface area contributed by atoms with E-state index >= 15 is 0 Å². The molecule has 2 aromatic heterocycles. The maximum absolute atomic E-state index is 13.2. The average Bonchev–Trinajstić information content (AvgIpc) is 3.59. The SMILES string of the molecule is C=CCn1nnnc1SCC1(C(=O)O)CS[C@@H]2C(NC(=O)C(=NOc3ccccc3)c3nsc(N)n3)C(=O)N2C1. The van der Waals surface area contributed by atoms with Crippen molar-refractivity contribution in [1.82, 2.24) is 39.8 Å². The quantitative estimate of drug-likeness (QED) is 0.0892. The summed E-state index contributed by atoms with van der Waals surface area (Å²) in [5.74, 6) is -1.48. The molecule has 208 valence electrons. The van der Waals surface area contributed by atoms with Gasteiger partial charge in [0.05, 0.1) is 6.54 Å². The number of carbonyl (C=O) groups is 3. The van der Waals surface area contributed by atoms with E-state index < -0.39 is 34.6 Å². The fourth-order valence-corrected chi connectivity index (χ4v) is 7.13. The smallest absolute Gasteiger partial charge is 0.313 e. The normalized spacial score (nSPS) is 22.2. The number of aromatic nitrogens is 6. The molecule has 0 bridgehead atoms. The van der Waals surface area contributed by atoms with Crippen LogP contribution in [0.4, 0.5) is 5.13 Å². The van der Waals surface area contributed by atoms with Gasteiger partial charge in [-0.05, 0) is 22.6 Å². The number of para-hydroxylation sites is 1. The van der Waals surface area contributed by atoms with Crippen molar-refractivity contribution in [2.45, 2.75) is 23.1 Å². The van der Waals surface area contributed by atoms with E-state index in [1.807, 2.05) is 0 Å². The number of allylic oxidation sites excluding steroid dienone is 1. The number of anilines is 1. The Bertz CT molecular complexity index is 1460. The summed E-state index contributed by atoms with van der Waals surface area (Å²) in [5, 5.41) is 28.3. The summed E-state index contributed by atoms with van der Waals surface area (Å²) in [6.45, 7) is 4.01. The lowest BCUT2D eigenvalue weighted by atomic mass is 9.89. The van der Waals surface area contributed by atoms with Crippen molar-refractivity contribution in [3.63, 3.8) is 0 Å². The second kappa shape index (κ2) is 11.6. The molecule has 2 unspecified atom stereocenters. The number of nitrogens with one attached hydrogen (secondary N) is 1. The van der Waals surface area contributed by atoms with Crippen LogP contribution in [0.2, 0.25) is 0 Å². The highest BCUT2D eigenvalue weighted by atomic mass is 32.2. The molecule has 2 amide bonds. The van der Waals surface area contributed by atoms with Gasteiger partial charge in [0, 0.05) is 29.6 Å². The maximum atomic E-state index is 13.2. The Morgan fingerprint density at radius 3 is 2.88 bits per heavy atom. The molecule has 2 fully saturated rings. The number of nitrogens with zero attached hydrogens (tertiary/aromatic N) is 8. The third kappa shape index (κ3) is 5.50. The highest BCUT2D eigenvalue weighted by Gasteiger charge is 2.57. The fraction of sp³-hybridized carbons (Fsp3) is 0.318. The lowest BCUT2D eigenvalue weighted by molar-refractivity contribution is -0.157. The van der Waals surface area contributed by atoms with E-state index in [0.29, 0.717) is 17.5 Å². The number of hydrogen-bond donors (Lipinski definition) is 3. The summed E-state index contributed by atoms with van der Waals surface area (Å²) in [6.07, 6.45) is 1.63. The minimum absolute atomic E-state index is 0.0243. The molecule has 40 heavy (non-hydrogen) atoms. The molecular formula is C22H22N10O5S3. The Kier molecular flexibility index (Phi) is 7.99. The van der Waals surface area contributed by atoms with Gasteiger partial charge in [-0.15, -0.1) is 23.4 Å². The first-order valence-electron chi connectivity index (χ1n) is 11.7. The van der Waals surface area contributed by atoms with Gasteiger partial charge in [-0.25, -0.2) is 4.68 Å². The predicted octanol–water partition coefficient (Wildman–Crippen LogP) is 0.339. The Hall–Kier alpha value is -4.03. The van der Waals surface area contributed by atoms with Crippen molar-refractivity contribution >= 4 is 63.7 Å². The van der Waals surface area contributed by atoms with Gasteiger partial charge in [0.2, 0.25) is 22.6 Å². The molecule has 4 heterocycles. The molecule has 4 N–H and O–H groups in total. The topological polar surface area (TPSA) is 204 Å². The minimum Gasteiger partial charge on any atom is -0.481 e. The molecule has 1 aromatic carbocycles. The Morgan fingerprint density at radius 2 is 2.17 bits per heavy atom. The summed E-state index contributed by atoms with van der Waals surface area (Å²) < 4.78 is 5.56. The van der Waals surface area contributed by atoms with Crippen molar-refractivity contribution in [2.24, 2.45) is 10.6 Å². The molecular weight excluding hydrogens is 581 g/mol. The lowest BCUT2D eigenvalue weighted by Crippen LogP contribution is -2.74. The van der Waals surface area contributed by atoms with E-state index in [4.69, 9.17) is 10.6 Å². The third-order valence-corrected chi connectivity index (χ3v) is 9.40. The van der Waals surface area contributed by atoms with E-state index in [9.17, 15) is 19.5 Å². The van der Waals surface area contributed by atoms with E-state index in [2.05, 4.69) is 41.9 Å². The molecule has 0 aliphatic carbocycles. The molecule has 15 nitrogen and oxygen atoms in total. The van der Waals surface area contributed by atoms with Crippen LogP contribution in [0.25, 0.3) is 0 Å². The van der Waals surface area contributed by atoms with Crippen molar-refractivity contribution in [3.8, 4) is 5.75 Å². The summed E-state index contributed by atoms with van der Waals surface area (Å²) in [4.78, 5) is 49.5. The van der Waals surface area contributed by atoms with Gasteiger partial charge >= 0.3 is 5.97 Å².